The molecule has 4 nitrogen and oxygen atoms in total. The normalized spacial score (nSPS) is 10.7. The van der Waals surface area contributed by atoms with Crippen molar-refractivity contribution >= 4 is 17.4 Å². The fourth-order valence-corrected chi connectivity index (χ4v) is 3.47. The molecule has 0 aliphatic rings. The second-order valence-electron chi connectivity index (χ2n) is 5.77. The first-order chi connectivity index (χ1) is 13.3. The Labute approximate surface area is 160 Å². The van der Waals surface area contributed by atoms with E-state index in [4.69, 9.17) is 4.42 Å². The summed E-state index contributed by atoms with van der Waals surface area (Å²) >= 11 is 1.69. The molecule has 0 fully saturated rings. The van der Waals surface area contributed by atoms with Crippen molar-refractivity contribution in [2.24, 2.45) is 0 Å². The van der Waals surface area contributed by atoms with Gasteiger partial charge in [0.15, 0.2) is 0 Å². The molecule has 1 N–H and O–H groups in total. The van der Waals surface area contributed by atoms with E-state index in [9.17, 15) is 4.39 Å². The minimum Gasteiger partial charge on any atom is -0.419 e. The Kier molecular flexibility index (Phi) is 5.16. The number of para-hydroxylation sites is 1. The molecule has 1 aromatic heterocycles. The molecule has 0 saturated heterocycles. The van der Waals surface area contributed by atoms with Crippen LogP contribution >= 0.6 is 11.8 Å². The van der Waals surface area contributed by atoms with Crippen molar-refractivity contribution in [3.8, 4) is 11.5 Å². The largest absolute Gasteiger partial charge is 0.419 e. The van der Waals surface area contributed by atoms with Crippen LogP contribution in [0.25, 0.3) is 11.5 Å². The molecular weight excluding hydrogens is 361 g/mol. The Bertz CT molecular complexity index is 1020. The summed E-state index contributed by atoms with van der Waals surface area (Å²) in [6.45, 7) is 0.403. The van der Waals surface area contributed by atoms with Crippen LogP contribution < -0.4 is 5.32 Å². The molecule has 134 valence electrons. The van der Waals surface area contributed by atoms with E-state index in [1.165, 1.54) is 17.0 Å². The fraction of sp³-hybridized carbons (Fsp3) is 0.0476. The number of nitrogens with one attached hydrogen (secondary N) is 1. The van der Waals surface area contributed by atoms with Crippen molar-refractivity contribution in [3.05, 3.63) is 90.6 Å². The second kappa shape index (κ2) is 8.05. The molecule has 0 aliphatic carbocycles. The standard InChI is InChI=1S/C21H16FN3OS/c22-16-12-10-15(11-13-16)21-25-24-20(26-21)14-23-18-8-4-5-9-19(18)27-17-6-2-1-3-7-17/h1-13,23H,14H2. The molecule has 4 aromatic rings. The highest BCUT2D eigenvalue weighted by Crippen LogP contribution is 2.33. The number of benzene rings is 3. The first kappa shape index (κ1) is 17.3. The highest BCUT2D eigenvalue weighted by molar-refractivity contribution is 7.99. The van der Waals surface area contributed by atoms with Crippen LogP contribution in [0.3, 0.4) is 0 Å². The molecule has 27 heavy (non-hydrogen) atoms. The molecule has 0 bridgehead atoms. The van der Waals surface area contributed by atoms with Crippen LogP contribution in [0, 0.1) is 5.82 Å². The zero-order valence-corrected chi connectivity index (χ0v) is 15.1. The first-order valence-electron chi connectivity index (χ1n) is 8.42. The first-order valence-corrected chi connectivity index (χ1v) is 9.24. The lowest BCUT2D eigenvalue weighted by molar-refractivity contribution is 0.514. The van der Waals surface area contributed by atoms with Gasteiger partial charge >= 0.3 is 0 Å². The molecule has 0 radical (unpaired) electrons. The lowest BCUT2D eigenvalue weighted by Gasteiger charge is -2.10. The smallest absolute Gasteiger partial charge is 0.247 e. The Hall–Kier alpha value is -3.12. The van der Waals surface area contributed by atoms with Crippen molar-refractivity contribution in [1.82, 2.24) is 10.2 Å². The van der Waals surface area contributed by atoms with Gasteiger partial charge in [0.05, 0.1) is 6.54 Å². The van der Waals surface area contributed by atoms with E-state index in [1.54, 1.807) is 23.9 Å². The Morgan fingerprint density at radius 1 is 0.852 bits per heavy atom. The van der Waals surface area contributed by atoms with E-state index >= 15 is 0 Å². The summed E-state index contributed by atoms with van der Waals surface area (Å²) in [5.41, 5.74) is 1.68. The Balaban J connectivity index is 1.46. The summed E-state index contributed by atoms with van der Waals surface area (Å²) in [6.07, 6.45) is 0. The quantitative estimate of drug-likeness (QED) is 0.471. The predicted octanol–water partition coefficient (Wildman–Crippen LogP) is 5.64. The minimum absolute atomic E-state index is 0.298. The van der Waals surface area contributed by atoms with Gasteiger partial charge in [-0.25, -0.2) is 4.39 Å². The molecule has 0 unspecified atom stereocenters. The van der Waals surface area contributed by atoms with Gasteiger partial charge in [-0.05, 0) is 48.5 Å². The third kappa shape index (κ3) is 4.35. The fourth-order valence-electron chi connectivity index (χ4n) is 2.52. The molecule has 0 aliphatic heterocycles. The minimum atomic E-state index is -0.298. The topological polar surface area (TPSA) is 51.0 Å². The number of halogens is 1. The highest BCUT2D eigenvalue weighted by Gasteiger charge is 2.10. The van der Waals surface area contributed by atoms with Crippen LogP contribution in [0.2, 0.25) is 0 Å². The molecule has 1 heterocycles. The van der Waals surface area contributed by atoms with Crippen LogP contribution in [0.1, 0.15) is 5.89 Å². The van der Waals surface area contributed by atoms with E-state index in [0.717, 1.165) is 10.6 Å². The van der Waals surface area contributed by atoms with Crippen molar-refractivity contribution in [1.29, 1.82) is 0 Å². The molecule has 6 heteroatoms. The molecule has 0 amide bonds. The van der Waals surface area contributed by atoms with Crippen LogP contribution in [0.15, 0.2) is 93.1 Å². The van der Waals surface area contributed by atoms with Gasteiger partial charge in [0.2, 0.25) is 11.8 Å². The van der Waals surface area contributed by atoms with E-state index in [-0.39, 0.29) is 5.82 Å². The van der Waals surface area contributed by atoms with Gasteiger partial charge in [-0.15, -0.1) is 10.2 Å². The predicted molar refractivity (Wildman–Crippen MR) is 104 cm³/mol. The monoisotopic (exact) mass is 377 g/mol. The maximum absolute atomic E-state index is 13.0. The van der Waals surface area contributed by atoms with E-state index in [0.29, 0.717) is 23.9 Å². The van der Waals surface area contributed by atoms with Gasteiger partial charge in [0.1, 0.15) is 5.82 Å². The Morgan fingerprint density at radius 3 is 2.41 bits per heavy atom. The van der Waals surface area contributed by atoms with Crippen LogP contribution in [0.5, 0.6) is 0 Å². The third-order valence-corrected chi connectivity index (χ3v) is 4.93. The summed E-state index contributed by atoms with van der Waals surface area (Å²) in [4.78, 5) is 2.28. The van der Waals surface area contributed by atoms with Gasteiger partial charge in [0, 0.05) is 21.0 Å². The van der Waals surface area contributed by atoms with Gasteiger partial charge in [-0.2, -0.15) is 0 Å². The highest BCUT2D eigenvalue weighted by atomic mass is 32.2. The van der Waals surface area contributed by atoms with Crippen molar-refractivity contribution in [2.75, 3.05) is 5.32 Å². The summed E-state index contributed by atoms with van der Waals surface area (Å²) in [7, 11) is 0. The average molecular weight is 377 g/mol. The van der Waals surface area contributed by atoms with E-state index in [2.05, 4.69) is 33.7 Å². The SMILES string of the molecule is Fc1ccc(-c2nnc(CNc3ccccc3Sc3ccccc3)o2)cc1. The van der Waals surface area contributed by atoms with Crippen molar-refractivity contribution in [2.45, 2.75) is 16.3 Å². The van der Waals surface area contributed by atoms with Gasteiger partial charge in [-0.3, -0.25) is 0 Å². The molecule has 4 rings (SSSR count). The van der Waals surface area contributed by atoms with Gasteiger partial charge in [0.25, 0.3) is 0 Å². The molecule has 0 atom stereocenters. The van der Waals surface area contributed by atoms with Gasteiger partial charge in [-0.1, -0.05) is 42.1 Å². The summed E-state index contributed by atoms with van der Waals surface area (Å²) in [5, 5.41) is 11.4. The zero-order valence-electron chi connectivity index (χ0n) is 14.3. The average Bonchev–Trinajstić information content (AvgIpc) is 3.18. The lowest BCUT2D eigenvalue weighted by Crippen LogP contribution is -2.00. The second-order valence-corrected chi connectivity index (χ2v) is 6.89. The lowest BCUT2D eigenvalue weighted by atomic mass is 10.2. The maximum Gasteiger partial charge on any atom is 0.247 e. The number of rotatable bonds is 6. The number of hydrogen-bond acceptors (Lipinski definition) is 5. The number of nitrogens with zero attached hydrogens (tertiary/aromatic N) is 2. The summed E-state index contributed by atoms with van der Waals surface area (Å²) in [5.74, 6) is 0.542. The Morgan fingerprint density at radius 2 is 1.59 bits per heavy atom. The van der Waals surface area contributed by atoms with Crippen LogP contribution in [-0.2, 0) is 6.54 Å². The molecule has 0 saturated carbocycles. The van der Waals surface area contributed by atoms with E-state index in [1.807, 2.05) is 36.4 Å². The molecular formula is C21H16FN3OS. The summed E-state index contributed by atoms with van der Waals surface area (Å²) < 4.78 is 18.7. The van der Waals surface area contributed by atoms with Crippen LogP contribution in [-0.4, -0.2) is 10.2 Å². The van der Waals surface area contributed by atoms with Crippen molar-refractivity contribution in [3.63, 3.8) is 0 Å². The van der Waals surface area contributed by atoms with Crippen molar-refractivity contribution < 1.29 is 8.81 Å². The summed E-state index contributed by atoms with van der Waals surface area (Å²) in [6, 6.07) is 24.2. The third-order valence-electron chi connectivity index (χ3n) is 3.85. The zero-order chi connectivity index (χ0) is 18.5. The number of aromatic nitrogens is 2. The molecule has 3 aromatic carbocycles. The van der Waals surface area contributed by atoms with Gasteiger partial charge < -0.3 is 9.73 Å². The molecule has 0 spiro atoms. The van der Waals surface area contributed by atoms with E-state index < -0.39 is 0 Å². The van der Waals surface area contributed by atoms with Crippen LogP contribution in [0.4, 0.5) is 10.1 Å². The maximum atomic E-state index is 13.0. The number of hydrogen-bond donors (Lipinski definition) is 1. The number of anilines is 1.